The number of methoxy groups -OCH3 is 1. The van der Waals surface area contributed by atoms with Crippen LogP contribution in [-0.2, 0) is 33.3 Å². The van der Waals surface area contributed by atoms with Crippen LogP contribution in [0.1, 0.15) is 20.3 Å². The fourth-order valence-electron chi connectivity index (χ4n) is 3.94. The third-order valence-corrected chi connectivity index (χ3v) is 7.24. The molecule has 0 aromatic heterocycles. The van der Waals surface area contributed by atoms with E-state index >= 15 is 0 Å². The van der Waals surface area contributed by atoms with Crippen LogP contribution in [0.3, 0.4) is 0 Å². The zero-order valence-electron chi connectivity index (χ0n) is 19.8. The van der Waals surface area contributed by atoms with Crippen LogP contribution in [0.2, 0.25) is 0 Å². The van der Waals surface area contributed by atoms with Crippen LogP contribution in [0, 0.1) is 0 Å². The summed E-state index contributed by atoms with van der Waals surface area (Å²) in [6.07, 6.45) is -14.9. The fraction of sp³-hybridized carbons (Fsp3) is 0.850. The van der Waals surface area contributed by atoms with E-state index in [1.165, 1.54) is 7.11 Å². The molecule has 208 valence electrons. The van der Waals surface area contributed by atoms with Gasteiger partial charge in [0.15, 0.2) is 6.29 Å². The van der Waals surface area contributed by atoms with Gasteiger partial charge in [0.25, 0.3) is 0 Å². The molecular formula is C20H33NO14S. The van der Waals surface area contributed by atoms with Gasteiger partial charge in [-0.15, -0.1) is 11.8 Å². The van der Waals surface area contributed by atoms with E-state index in [4.69, 9.17) is 14.2 Å². The molecule has 0 aromatic rings. The van der Waals surface area contributed by atoms with Gasteiger partial charge in [0, 0.05) is 33.1 Å². The molecule has 0 aliphatic carbocycles. The Hall–Kier alpha value is -1.60. The molecule has 1 unspecified atom stereocenters. The summed E-state index contributed by atoms with van der Waals surface area (Å²) >= 11 is 0.549. The maximum Gasteiger partial charge on any atom is 0.346 e. The van der Waals surface area contributed by atoms with Crippen LogP contribution >= 0.6 is 11.8 Å². The Morgan fingerprint density at radius 2 is 1.75 bits per heavy atom. The minimum Gasteiger partial charge on any atom is -0.478 e. The monoisotopic (exact) mass is 543 g/mol. The molecule has 1 amide bonds. The number of carbonyl (C=O) groups excluding carboxylic acids is 2. The molecule has 0 aromatic carbocycles. The van der Waals surface area contributed by atoms with Crippen molar-refractivity contribution in [3.05, 3.63) is 0 Å². The lowest BCUT2D eigenvalue weighted by Gasteiger charge is -2.47. The van der Waals surface area contributed by atoms with Crippen molar-refractivity contribution in [2.75, 3.05) is 19.5 Å². The number of aliphatic carboxylic acids is 1. The van der Waals surface area contributed by atoms with E-state index < -0.39 is 97.0 Å². The van der Waals surface area contributed by atoms with Crippen molar-refractivity contribution in [3.63, 3.8) is 0 Å². The Labute approximate surface area is 210 Å². The van der Waals surface area contributed by atoms with Gasteiger partial charge in [-0.25, -0.2) is 4.79 Å². The number of hydrogen-bond donors (Lipinski definition) is 8. The van der Waals surface area contributed by atoms with Crippen LogP contribution in [0.5, 0.6) is 0 Å². The van der Waals surface area contributed by atoms with E-state index in [1.807, 2.05) is 0 Å². The number of aliphatic hydroxyl groups is 6. The summed E-state index contributed by atoms with van der Waals surface area (Å²) in [5.74, 6) is -3.32. The number of ether oxygens (including phenoxy) is 4. The van der Waals surface area contributed by atoms with Crippen LogP contribution in [0.4, 0.5) is 0 Å². The van der Waals surface area contributed by atoms with Gasteiger partial charge in [0.2, 0.25) is 10.8 Å². The minimum atomic E-state index is -2.27. The number of nitrogens with one attached hydrogen (secondary N) is 1. The first-order chi connectivity index (χ1) is 16.7. The molecule has 0 spiro atoms. The SMILES string of the molecule is COC1O[C@H](CS[C@]2(C(=O)O)C[C@H](O)[C@@H](NC(C)=O)[C@H]([C@H](O)[C@H](O)COC(C)=O)O2)[C@@H](O)[C@H](O)[C@H]1O. The highest BCUT2D eigenvalue weighted by Crippen LogP contribution is 2.41. The van der Waals surface area contributed by atoms with E-state index in [1.54, 1.807) is 0 Å². The second-order valence-electron chi connectivity index (χ2n) is 8.56. The van der Waals surface area contributed by atoms with E-state index in [2.05, 4.69) is 10.1 Å². The highest BCUT2D eigenvalue weighted by Gasteiger charge is 2.56. The molecule has 16 heteroatoms. The second-order valence-corrected chi connectivity index (χ2v) is 9.84. The Kier molecular flexibility index (Phi) is 10.9. The topological polar surface area (TPSA) is 242 Å². The van der Waals surface area contributed by atoms with Crippen molar-refractivity contribution in [1.29, 1.82) is 0 Å². The summed E-state index contributed by atoms with van der Waals surface area (Å²) in [7, 11) is 1.19. The van der Waals surface area contributed by atoms with Gasteiger partial charge in [-0.1, -0.05) is 0 Å². The summed E-state index contributed by atoms with van der Waals surface area (Å²) in [5.41, 5.74) is 0. The van der Waals surface area contributed by atoms with Crippen molar-refractivity contribution >= 4 is 29.6 Å². The average Bonchev–Trinajstić information content (AvgIpc) is 2.81. The number of aliphatic hydroxyl groups excluding tert-OH is 6. The number of hydrogen-bond acceptors (Lipinski definition) is 14. The molecule has 11 atom stereocenters. The van der Waals surface area contributed by atoms with Gasteiger partial charge in [0.05, 0.1) is 18.2 Å². The van der Waals surface area contributed by atoms with Crippen LogP contribution in [-0.4, -0.2) is 139 Å². The lowest BCUT2D eigenvalue weighted by atomic mass is 9.89. The predicted molar refractivity (Wildman–Crippen MR) is 118 cm³/mol. The summed E-state index contributed by atoms with van der Waals surface area (Å²) < 4.78 is 20.7. The number of esters is 1. The Morgan fingerprint density at radius 3 is 2.28 bits per heavy atom. The highest BCUT2D eigenvalue weighted by atomic mass is 32.2. The van der Waals surface area contributed by atoms with E-state index in [9.17, 15) is 50.1 Å². The van der Waals surface area contributed by atoms with E-state index in [-0.39, 0.29) is 5.75 Å². The van der Waals surface area contributed by atoms with E-state index in [0.717, 1.165) is 13.8 Å². The molecule has 2 aliphatic rings. The molecule has 8 N–H and O–H groups in total. The zero-order valence-corrected chi connectivity index (χ0v) is 20.6. The third kappa shape index (κ3) is 7.03. The molecule has 15 nitrogen and oxygen atoms in total. The number of amides is 1. The molecular weight excluding hydrogens is 510 g/mol. The first kappa shape index (κ1) is 30.6. The summed E-state index contributed by atoms with van der Waals surface area (Å²) in [4.78, 5) is 32.8. The molecule has 2 aliphatic heterocycles. The lowest BCUT2D eigenvalue weighted by Crippen LogP contribution is -2.66. The standard InChI is InChI=1S/C20H33NO14S/c1-7(22)21-12-9(24)4-20(19(30)31,35-17(12)13(26)10(25)5-33-8(2)23)36-6-11-14(27)15(28)16(29)18(32-3)34-11/h9-18,24-29H,4-6H2,1-3H3,(H,21,22)(H,30,31)/t9-,10+,11+,12+,13+,14+,15-,16+,17+,18?,20-/m0/s1. The van der Waals surface area contributed by atoms with Crippen molar-refractivity contribution in [3.8, 4) is 0 Å². The van der Waals surface area contributed by atoms with Gasteiger partial charge in [-0.2, -0.15) is 0 Å². The van der Waals surface area contributed by atoms with Gasteiger partial charge in [-0.05, 0) is 0 Å². The largest absolute Gasteiger partial charge is 0.478 e. The van der Waals surface area contributed by atoms with E-state index in [0.29, 0.717) is 11.8 Å². The normalized spacial score (nSPS) is 38.6. The highest BCUT2D eigenvalue weighted by molar-refractivity contribution is 8.01. The number of carboxylic acids is 1. The van der Waals surface area contributed by atoms with Crippen LogP contribution in [0.15, 0.2) is 0 Å². The van der Waals surface area contributed by atoms with Crippen molar-refractivity contribution in [2.45, 2.75) is 86.4 Å². The Bertz CT molecular complexity index is 786. The van der Waals surface area contributed by atoms with Crippen LogP contribution < -0.4 is 5.32 Å². The molecule has 0 saturated carbocycles. The summed E-state index contributed by atoms with van der Waals surface area (Å²) in [6.45, 7) is 1.51. The Morgan fingerprint density at radius 1 is 1.11 bits per heavy atom. The quantitative estimate of drug-likeness (QED) is 0.122. The predicted octanol–water partition coefficient (Wildman–Crippen LogP) is -4.11. The number of rotatable bonds is 10. The minimum absolute atomic E-state index is 0.340. The van der Waals surface area contributed by atoms with Crippen molar-refractivity contribution < 1.29 is 69.1 Å². The van der Waals surface area contributed by atoms with Gasteiger partial charge < -0.3 is 60.0 Å². The average molecular weight is 544 g/mol. The molecule has 2 fully saturated rings. The molecule has 2 saturated heterocycles. The smallest absolute Gasteiger partial charge is 0.346 e. The number of carbonyl (C=O) groups is 3. The van der Waals surface area contributed by atoms with Crippen molar-refractivity contribution in [2.24, 2.45) is 0 Å². The molecule has 0 bridgehead atoms. The van der Waals surface area contributed by atoms with Gasteiger partial charge in [0.1, 0.15) is 43.2 Å². The number of carboxylic acid groups (broad SMARTS) is 1. The maximum absolute atomic E-state index is 12.3. The summed E-state index contributed by atoms with van der Waals surface area (Å²) in [5, 5.41) is 74.3. The maximum atomic E-state index is 12.3. The van der Waals surface area contributed by atoms with Crippen molar-refractivity contribution in [1.82, 2.24) is 5.32 Å². The molecule has 2 heterocycles. The first-order valence-electron chi connectivity index (χ1n) is 11.0. The molecule has 2 rings (SSSR count). The number of thioether (sulfide) groups is 1. The first-order valence-corrected chi connectivity index (χ1v) is 11.9. The van der Waals surface area contributed by atoms with Gasteiger partial charge in [-0.3, -0.25) is 9.59 Å². The molecule has 0 radical (unpaired) electrons. The van der Waals surface area contributed by atoms with Gasteiger partial charge >= 0.3 is 11.9 Å². The fourth-order valence-corrected chi connectivity index (χ4v) is 5.24. The third-order valence-electron chi connectivity index (χ3n) is 5.84. The Balaban J connectivity index is 2.29. The molecule has 36 heavy (non-hydrogen) atoms. The summed E-state index contributed by atoms with van der Waals surface area (Å²) in [6, 6.07) is -1.34. The lowest BCUT2D eigenvalue weighted by molar-refractivity contribution is -0.285. The second kappa shape index (κ2) is 12.8. The zero-order chi connectivity index (χ0) is 27.4. The van der Waals surface area contributed by atoms with Crippen LogP contribution in [0.25, 0.3) is 0 Å².